The summed E-state index contributed by atoms with van der Waals surface area (Å²) in [7, 11) is -1.96. The van der Waals surface area contributed by atoms with E-state index in [1.807, 2.05) is 60.7 Å². The minimum Gasteiger partial charge on any atom is -0.484 e. The molecule has 0 spiro atoms. The lowest BCUT2D eigenvalue weighted by Crippen LogP contribution is -2.31. The molecule has 3 aromatic rings. The normalized spacial score (nSPS) is 11.1. The number of hydrogen-bond donors (Lipinski definition) is 1. The molecule has 0 bridgehead atoms. The van der Waals surface area contributed by atoms with Crippen LogP contribution in [0.1, 0.15) is 5.56 Å². The van der Waals surface area contributed by atoms with E-state index in [2.05, 4.69) is 4.72 Å². The van der Waals surface area contributed by atoms with Gasteiger partial charge in [-0.05, 0) is 42.0 Å². The van der Waals surface area contributed by atoms with Gasteiger partial charge < -0.3 is 9.64 Å². The second kappa shape index (κ2) is 9.36. The Bertz CT molecular complexity index is 1040. The Hall–Kier alpha value is -3.16. The maximum atomic E-state index is 12.4. The van der Waals surface area contributed by atoms with Crippen LogP contribution < -0.4 is 14.4 Å². The smallest absolute Gasteiger partial charge is 0.264 e. The van der Waals surface area contributed by atoms with Crippen molar-refractivity contribution in [1.29, 1.82) is 0 Å². The number of carbonyl (C=O) groups excluding carboxylic acids is 1. The molecule has 29 heavy (non-hydrogen) atoms. The van der Waals surface area contributed by atoms with Gasteiger partial charge in [0.2, 0.25) is 10.0 Å². The average molecular weight is 410 g/mol. The zero-order chi connectivity index (χ0) is 20.7. The first-order chi connectivity index (χ1) is 14.0. The van der Waals surface area contributed by atoms with E-state index in [1.165, 1.54) is 29.2 Å². The van der Waals surface area contributed by atoms with Gasteiger partial charge in [0.25, 0.3) is 5.91 Å². The highest BCUT2D eigenvalue weighted by molar-refractivity contribution is 7.89. The number of benzene rings is 3. The zero-order valence-corrected chi connectivity index (χ0v) is 16.8. The van der Waals surface area contributed by atoms with Crippen molar-refractivity contribution in [1.82, 2.24) is 4.72 Å². The Morgan fingerprint density at radius 1 is 0.897 bits per heavy atom. The molecule has 3 aromatic carbocycles. The molecule has 7 heteroatoms. The third-order valence-electron chi connectivity index (χ3n) is 4.32. The molecule has 0 unspecified atom stereocenters. The highest BCUT2D eigenvalue weighted by Gasteiger charge is 2.15. The van der Waals surface area contributed by atoms with E-state index in [4.69, 9.17) is 4.74 Å². The maximum absolute atomic E-state index is 12.4. The molecule has 6 nitrogen and oxygen atoms in total. The number of para-hydroxylation sites is 1. The van der Waals surface area contributed by atoms with Crippen LogP contribution in [-0.2, 0) is 21.4 Å². The van der Waals surface area contributed by atoms with Crippen LogP contribution in [0.25, 0.3) is 0 Å². The van der Waals surface area contributed by atoms with Gasteiger partial charge in [-0.2, -0.15) is 0 Å². The Morgan fingerprint density at radius 2 is 1.48 bits per heavy atom. The average Bonchev–Trinajstić information content (AvgIpc) is 2.77. The van der Waals surface area contributed by atoms with Crippen molar-refractivity contribution in [3.05, 3.63) is 90.5 Å². The van der Waals surface area contributed by atoms with Gasteiger partial charge in [0.15, 0.2) is 6.61 Å². The van der Waals surface area contributed by atoms with Crippen LogP contribution in [-0.4, -0.2) is 28.0 Å². The summed E-state index contributed by atoms with van der Waals surface area (Å²) >= 11 is 0. The number of anilines is 1. The molecule has 1 amide bonds. The van der Waals surface area contributed by atoms with Gasteiger partial charge in [0.05, 0.1) is 4.90 Å². The first-order valence-corrected chi connectivity index (χ1v) is 10.5. The predicted molar refractivity (Wildman–Crippen MR) is 112 cm³/mol. The van der Waals surface area contributed by atoms with Crippen molar-refractivity contribution >= 4 is 21.6 Å². The van der Waals surface area contributed by atoms with Gasteiger partial charge in [-0.15, -0.1) is 0 Å². The Morgan fingerprint density at radius 3 is 2.10 bits per heavy atom. The summed E-state index contributed by atoms with van der Waals surface area (Å²) in [6, 6.07) is 24.5. The quantitative estimate of drug-likeness (QED) is 0.619. The van der Waals surface area contributed by atoms with E-state index in [1.54, 1.807) is 7.05 Å². The van der Waals surface area contributed by atoms with Crippen molar-refractivity contribution in [3.63, 3.8) is 0 Å². The molecule has 0 aromatic heterocycles. The highest BCUT2D eigenvalue weighted by Crippen LogP contribution is 2.17. The summed E-state index contributed by atoms with van der Waals surface area (Å²) in [4.78, 5) is 13.9. The topological polar surface area (TPSA) is 75.7 Å². The fourth-order valence-corrected chi connectivity index (χ4v) is 3.63. The van der Waals surface area contributed by atoms with E-state index in [0.29, 0.717) is 5.75 Å². The minimum absolute atomic E-state index is 0.133. The van der Waals surface area contributed by atoms with Crippen molar-refractivity contribution in [3.8, 4) is 5.75 Å². The zero-order valence-electron chi connectivity index (χ0n) is 16.0. The fraction of sp³-hybridized carbons (Fsp3) is 0.136. The number of sulfonamides is 1. The third-order valence-corrected chi connectivity index (χ3v) is 5.74. The molecule has 1 N–H and O–H groups in total. The fourth-order valence-electron chi connectivity index (χ4n) is 2.61. The second-order valence-electron chi connectivity index (χ2n) is 6.36. The molecule has 0 saturated carbocycles. The number of nitrogens with zero attached hydrogens (tertiary/aromatic N) is 1. The summed E-state index contributed by atoms with van der Waals surface area (Å²) in [5.41, 5.74) is 1.64. The monoisotopic (exact) mass is 410 g/mol. The number of carbonyl (C=O) groups is 1. The Balaban J connectivity index is 1.56. The number of hydrogen-bond acceptors (Lipinski definition) is 4. The van der Waals surface area contributed by atoms with Gasteiger partial charge in [0, 0.05) is 19.3 Å². The van der Waals surface area contributed by atoms with Crippen LogP contribution in [0, 0.1) is 0 Å². The summed E-state index contributed by atoms with van der Waals surface area (Å²) in [5, 5.41) is 0. The summed E-state index contributed by atoms with van der Waals surface area (Å²) in [6.45, 7) is 0.0610. The highest BCUT2D eigenvalue weighted by atomic mass is 32.2. The molecular formula is C22H22N2O4S. The van der Waals surface area contributed by atoms with Crippen molar-refractivity contribution < 1.29 is 17.9 Å². The summed E-state index contributed by atoms with van der Waals surface area (Å²) in [6.07, 6.45) is 0. The van der Waals surface area contributed by atoms with Gasteiger partial charge in [-0.3, -0.25) is 4.79 Å². The number of nitrogens with one attached hydrogen (secondary N) is 1. The van der Waals surface area contributed by atoms with Gasteiger partial charge in [-0.1, -0.05) is 48.5 Å². The molecular weight excluding hydrogens is 388 g/mol. The Kier molecular flexibility index (Phi) is 6.64. The van der Waals surface area contributed by atoms with Crippen molar-refractivity contribution in [2.75, 3.05) is 18.6 Å². The van der Waals surface area contributed by atoms with Crippen LogP contribution in [0.4, 0.5) is 5.69 Å². The minimum atomic E-state index is -3.64. The first kappa shape index (κ1) is 20.6. The van der Waals surface area contributed by atoms with Crippen LogP contribution in [0.5, 0.6) is 5.75 Å². The summed E-state index contributed by atoms with van der Waals surface area (Å²) < 4.78 is 32.9. The van der Waals surface area contributed by atoms with Crippen LogP contribution in [0.15, 0.2) is 89.8 Å². The largest absolute Gasteiger partial charge is 0.484 e. The summed E-state index contributed by atoms with van der Waals surface area (Å²) in [5.74, 6) is 0.208. The van der Waals surface area contributed by atoms with Crippen LogP contribution in [0.2, 0.25) is 0 Å². The standard InChI is InChI=1S/C22H22N2O4S/c1-24(19-10-6-3-7-11-19)22(25)17-28-20-12-14-21(15-13-20)29(26,27)23-16-18-8-4-2-5-9-18/h2-15,23H,16-17H2,1H3. The Labute approximate surface area is 170 Å². The number of amides is 1. The van der Waals surface area contributed by atoms with E-state index in [0.717, 1.165) is 11.3 Å². The van der Waals surface area contributed by atoms with Crippen LogP contribution in [0.3, 0.4) is 0 Å². The molecule has 0 fully saturated rings. The van der Waals surface area contributed by atoms with Crippen molar-refractivity contribution in [2.24, 2.45) is 0 Å². The van der Waals surface area contributed by atoms with E-state index >= 15 is 0 Å². The molecule has 0 heterocycles. The molecule has 0 atom stereocenters. The molecule has 0 aliphatic rings. The molecule has 0 saturated heterocycles. The van der Waals surface area contributed by atoms with E-state index in [-0.39, 0.29) is 24.0 Å². The number of ether oxygens (including phenoxy) is 1. The lowest BCUT2D eigenvalue weighted by Gasteiger charge is -2.17. The molecule has 0 aliphatic carbocycles. The van der Waals surface area contributed by atoms with Gasteiger partial charge >= 0.3 is 0 Å². The van der Waals surface area contributed by atoms with E-state index in [9.17, 15) is 13.2 Å². The lowest BCUT2D eigenvalue weighted by molar-refractivity contribution is -0.120. The maximum Gasteiger partial charge on any atom is 0.264 e. The van der Waals surface area contributed by atoms with Gasteiger partial charge in [0.1, 0.15) is 5.75 Å². The molecule has 3 rings (SSSR count). The third kappa shape index (κ3) is 5.66. The van der Waals surface area contributed by atoms with Crippen molar-refractivity contribution in [2.45, 2.75) is 11.4 Å². The molecule has 0 aliphatic heterocycles. The SMILES string of the molecule is CN(C(=O)COc1ccc(S(=O)(=O)NCc2ccccc2)cc1)c1ccccc1. The first-order valence-electron chi connectivity index (χ1n) is 9.04. The number of likely N-dealkylation sites (N-methyl/N-ethyl adjacent to an activating group) is 1. The second-order valence-corrected chi connectivity index (χ2v) is 8.13. The van der Waals surface area contributed by atoms with Gasteiger partial charge in [-0.25, -0.2) is 13.1 Å². The lowest BCUT2D eigenvalue weighted by atomic mass is 10.2. The number of rotatable bonds is 8. The molecule has 0 radical (unpaired) electrons. The van der Waals surface area contributed by atoms with Crippen LogP contribution >= 0.6 is 0 Å². The predicted octanol–water partition coefficient (Wildman–Crippen LogP) is 3.21. The molecule has 150 valence electrons. The van der Waals surface area contributed by atoms with E-state index < -0.39 is 10.0 Å².